The lowest BCUT2D eigenvalue weighted by Crippen LogP contribution is -2.46. The van der Waals surface area contributed by atoms with E-state index >= 15 is 0 Å². The SMILES string of the molecule is CC(C)(C)C[C@@H]1CN(C(=O)OC[C@@H](O)CC(N)=O)[C@H](c2cccc(Cl)c2)C12C(=O)Nc1cc(Cl)ccc12. The molecule has 4 atom stereocenters. The first kappa shape index (κ1) is 27.2. The van der Waals surface area contributed by atoms with Gasteiger partial charge in [-0.2, -0.15) is 0 Å². The molecule has 1 unspecified atom stereocenters. The number of anilines is 1. The number of primary amides is 1. The molecular formula is C27H31Cl2N3O5. The minimum Gasteiger partial charge on any atom is -0.447 e. The molecule has 8 nitrogen and oxygen atoms in total. The van der Waals surface area contributed by atoms with Gasteiger partial charge in [0.25, 0.3) is 0 Å². The first-order valence-electron chi connectivity index (χ1n) is 12.1. The second-order valence-corrected chi connectivity index (χ2v) is 11.9. The van der Waals surface area contributed by atoms with E-state index in [1.54, 1.807) is 30.3 Å². The second-order valence-electron chi connectivity index (χ2n) is 11.0. The molecule has 0 aliphatic carbocycles. The zero-order chi connectivity index (χ0) is 27.1. The highest BCUT2D eigenvalue weighted by Crippen LogP contribution is 2.60. The number of nitrogens with one attached hydrogen (secondary N) is 1. The highest BCUT2D eigenvalue weighted by atomic mass is 35.5. The summed E-state index contributed by atoms with van der Waals surface area (Å²) < 4.78 is 5.44. The summed E-state index contributed by atoms with van der Waals surface area (Å²) in [6.45, 7) is 6.09. The molecule has 0 radical (unpaired) electrons. The molecular weight excluding hydrogens is 517 g/mol. The van der Waals surface area contributed by atoms with Gasteiger partial charge in [0.15, 0.2) is 0 Å². The zero-order valence-corrected chi connectivity index (χ0v) is 22.5. The van der Waals surface area contributed by atoms with Crippen molar-refractivity contribution in [2.75, 3.05) is 18.5 Å². The number of halogens is 2. The van der Waals surface area contributed by atoms with Crippen molar-refractivity contribution in [2.45, 2.75) is 51.2 Å². The number of ether oxygens (including phenoxy) is 1. The summed E-state index contributed by atoms with van der Waals surface area (Å²) >= 11 is 12.6. The minimum atomic E-state index is -1.23. The van der Waals surface area contributed by atoms with Crippen molar-refractivity contribution >= 4 is 46.8 Å². The van der Waals surface area contributed by atoms with E-state index in [0.29, 0.717) is 27.7 Å². The van der Waals surface area contributed by atoms with Gasteiger partial charge in [-0.3, -0.25) is 14.5 Å². The van der Waals surface area contributed by atoms with Crippen LogP contribution < -0.4 is 11.1 Å². The van der Waals surface area contributed by atoms with E-state index in [1.165, 1.54) is 4.90 Å². The molecule has 1 saturated heterocycles. The van der Waals surface area contributed by atoms with Crippen LogP contribution in [0.3, 0.4) is 0 Å². The third-order valence-corrected chi connectivity index (χ3v) is 7.42. The molecule has 1 spiro atoms. The number of benzene rings is 2. The molecule has 2 aliphatic heterocycles. The molecule has 37 heavy (non-hydrogen) atoms. The summed E-state index contributed by atoms with van der Waals surface area (Å²) in [5.74, 6) is -1.21. The predicted octanol–water partition coefficient (Wildman–Crippen LogP) is 4.67. The number of rotatable bonds is 6. The lowest BCUT2D eigenvalue weighted by Gasteiger charge is -2.38. The summed E-state index contributed by atoms with van der Waals surface area (Å²) in [5.41, 5.74) is 5.88. The maximum atomic E-state index is 14.0. The van der Waals surface area contributed by atoms with Gasteiger partial charge in [0.2, 0.25) is 11.8 Å². The Balaban J connectivity index is 1.85. The molecule has 1 fully saturated rings. The van der Waals surface area contributed by atoms with Crippen molar-refractivity contribution < 1.29 is 24.2 Å². The number of fused-ring (bicyclic) bond motifs is 2. The number of nitrogens with zero attached hydrogens (tertiary/aromatic N) is 1. The molecule has 198 valence electrons. The summed E-state index contributed by atoms with van der Waals surface area (Å²) in [5, 5.41) is 14.0. The highest BCUT2D eigenvalue weighted by Gasteiger charge is 2.65. The standard InChI is InChI=1S/C27H31Cl2N3O5/c1-26(2,3)12-16-13-32(25(36)37-14-19(33)11-22(30)34)23(15-5-4-6-17(28)9-15)27(16)20-8-7-18(29)10-21(20)31-24(27)35/h4-10,16,19,23,33H,11-14H2,1-3H3,(H2,30,34)(H,31,35)/t16-,19+,23-,27?/m1/s1. The van der Waals surface area contributed by atoms with Crippen LogP contribution in [0.2, 0.25) is 10.0 Å². The van der Waals surface area contributed by atoms with Crippen LogP contribution in [0.25, 0.3) is 0 Å². The number of aliphatic hydroxyl groups is 1. The van der Waals surface area contributed by atoms with Crippen LogP contribution in [0.4, 0.5) is 10.5 Å². The van der Waals surface area contributed by atoms with Crippen molar-refractivity contribution in [2.24, 2.45) is 17.1 Å². The van der Waals surface area contributed by atoms with Gasteiger partial charge in [0.05, 0.1) is 18.6 Å². The van der Waals surface area contributed by atoms with Crippen molar-refractivity contribution in [3.05, 3.63) is 63.6 Å². The second kappa shape index (κ2) is 10.2. The number of nitrogens with two attached hydrogens (primary N) is 1. The van der Waals surface area contributed by atoms with Gasteiger partial charge in [-0.15, -0.1) is 0 Å². The topological polar surface area (TPSA) is 122 Å². The van der Waals surface area contributed by atoms with E-state index in [1.807, 2.05) is 12.1 Å². The maximum Gasteiger partial charge on any atom is 0.410 e. The van der Waals surface area contributed by atoms with Gasteiger partial charge in [0, 0.05) is 22.3 Å². The van der Waals surface area contributed by atoms with E-state index < -0.39 is 36.2 Å². The average Bonchev–Trinajstić information content (AvgIpc) is 3.25. The number of hydrogen-bond acceptors (Lipinski definition) is 5. The van der Waals surface area contributed by atoms with Gasteiger partial charge in [-0.05, 0) is 53.1 Å². The fraction of sp³-hybridized carbons (Fsp3) is 0.444. The van der Waals surface area contributed by atoms with Crippen molar-refractivity contribution in [1.29, 1.82) is 0 Å². The van der Waals surface area contributed by atoms with Crippen LogP contribution >= 0.6 is 23.2 Å². The summed E-state index contributed by atoms with van der Waals surface area (Å²) in [6, 6.07) is 11.6. The number of likely N-dealkylation sites (tertiary alicyclic amines) is 1. The number of amides is 3. The number of carbonyl (C=O) groups excluding carboxylic acids is 3. The van der Waals surface area contributed by atoms with E-state index in [0.717, 1.165) is 5.56 Å². The molecule has 0 aromatic heterocycles. The molecule has 4 N–H and O–H groups in total. The van der Waals surface area contributed by atoms with Crippen LogP contribution in [0.5, 0.6) is 0 Å². The Morgan fingerprint density at radius 1 is 1.22 bits per heavy atom. The van der Waals surface area contributed by atoms with Crippen LogP contribution in [-0.4, -0.2) is 47.2 Å². The smallest absolute Gasteiger partial charge is 0.410 e. The summed E-state index contributed by atoms with van der Waals surface area (Å²) in [7, 11) is 0. The Morgan fingerprint density at radius 2 is 1.92 bits per heavy atom. The lowest BCUT2D eigenvalue weighted by atomic mass is 9.63. The molecule has 4 rings (SSSR count). The van der Waals surface area contributed by atoms with Gasteiger partial charge in [-0.1, -0.05) is 62.2 Å². The molecule has 0 bridgehead atoms. The summed E-state index contributed by atoms with van der Waals surface area (Å²) in [6.07, 6.45) is -1.64. The number of hydrogen-bond donors (Lipinski definition) is 3. The average molecular weight is 548 g/mol. The van der Waals surface area contributed by atoms with E-state index in [2.05, 4.69) is 26.1 Å². The number of aliphatic hydroxyl groups excluding tert-OH is 1. The normalized spacial score (nSPS) is 23.6. The van der Waals surface area contributed by atoms with Crippen LogP contribution in [0.1, 0.15) is 50.8 Å². The third-order valence-electron chi connectivity index (χ3n) is 6.95. The minimum absolute atomic E-state index is 0.163. The molecule has 2 aliphatic rings. The van der Waals surface area contributed by atoms with Crippen molar-refractivity contribution in [3.8, 4) is 0 Å². The van der Waals surface area contributed by atoms with E-state index in [9.17, 15) is 19.5 Å². The predicted molar refractivity (Wildman–Crippen MR) is 141 cm³/mol. The molecule has 2 aromatic carbocycles. The van der Waals surface area contributed by atoms with E-state index in [4.69, 9.17) is 33.7 Å². The fourth-order valence-corrected chi connectivity index (χ4v) is 6.14. The fourth-order valence-electron chi connectivity index (χ4n) is 5.77. The Labute approximate surface area is 226 Å². The van der Waals surface area contributed by atoms with Crippen LogP contribution in [0.15, 0.2) is 42.5 Å². The van der Waals surface area contributed by atoms with Crippen molar-refractivity contribution in [1.82, 2.24) is 4.90 Å². The third kappa shape index (κ3) is 5.28. The first-order valence-corrected chi connectivity index (χ1v) is 12.8. The van der Waals surface area contributed by atoms with E-state index in [-0.39, 0.29) is 30.2 Å². The zero-order valence-electron chi connectivity index (χ0n) is 21.0. The Morgan fingerprint density at radius 3 is 2.57 bits per heavy atom. The molecule has 10 heteroatoms. The van der Waals surface area contributed by atoms with Gasteiger partial charge < -0.3 is 20.9 Å². The molecule has 2 heterocycles. The van der Waals surface area contributed by atoms with Gasteiger partial charge >= 0.3 is 6.09 Å². The highest BCUT2D eigenvalue weighted by molar-refractivity contribution is 6.31. The largest absolute Gasteiger partial charge is 0.447 e. The lowest BCUT2D eigenvalue weighted by molar-refractivity contribution is -0.123. The molecule has 2 aromatic rings. The first-order chi connectivity index (χ1) is 17.3. The Hall–Kier alpha value is -2.81. The van der Waals surface area contributed by atoms with Crippen LogP contribution in [-0.2, 0) is 19.7 Å². The van der Waals surface area contributed by atoms with Gasteiger partial charge in [0.1, 0.15) is 12.0 Å². The van der Waals surface area contributed by atoms with Gasteiger partial charge in [-0.25, -0.2) is 4.79 Å². The summed E-state index contributed by atoms with van der Waals surface area (Å²) in [4.78, 5) is 40.2. The quantitative estimate of drug-likeness (QED) is 0.485. The molecule has 3 amide bonds. The monoisotopic (exact) mass is 547 g/mol. The Kier molecular flexibility index (Phi) is 7.48. The Bertz CT molecular complexity index is 1230. The number of carbonyl (C=O) groups is 3. The van der Waals surface area contributed by atoms with Crippen molar-refractivity contribution in [3.63, 3.8) is 0 Å². The molecule has 0 saturated carbocycles. The maximum absolute atomic E-state index is 14.0. The van der Waals surface area contributed by atoms with Crippen LogP contribution in [0, 0.1) is 11.3 Å².